The van der Waals surface area contributed by atoms with E-state index in [-0.39, 0.29) is 24.1 Å². The fourth-order valence-electron chi connectivity index (χ4n) is 4.02. The van der Waals surface area contributed by atoms with Crippen molar-refractivity contribution in [3.63, 3.8) is 0 Å². The van der Waals surface area contributed by atoms with E-state index in [4.69, 9.17) is 4.74 Å². The first-order valence-electron chi connectivity index (χ1n) is 11.2. The summed E-state index contributed by atoms with van der Waals surface area (Å²) in [6.07, 6.45) is 0.988. The molecule has 0 unspecified atom stereocenters. The van der Waals surface area contributed by atoms with Gasteiger partial charge in [-0.25, -0.2) is 0 Å². The van der Waals surface area contributed by atoms with E-state index in [2.05, 4.69) is 10.6 Å². The molecule has 0 saturated carbocycles. The molecule has 1 aliphatic rings. The van der Waals surface area contributed by atoms with E-state index >= 15 is 0 Å². The molecule has 2 N–H and O–H groups in total. The summed E-state index contributed by atoms with van der Waals surface area (Å²) < 4.78 is 5.12. The van der Waals surface area contributed by atoms with Crippen molar-refractivity contribution in [2.45, 2.75) is 19.8 Å². The number of methoxy groups -OCH3 is 1. The fraction of sp³-hybridized carbons (Fsp3) is 0.222. The topological polar surface area (TPSA) is 87.7 Å². The Morgan fingerprint density at radius 1 is 0.941 bits per heavy atom. The van der Waals surface area contributed by atoms with Crippen molar-refractivity contribution in [3.05, 3.63) is 83.9 Å². The number of aryl methyl sites for hydroxylation is 1. The molecule has 3 aromatic rings. The summed E-state index contributed by atoms with van der Waals surface area (Å²) in [5.41, 5.74) is 3.65. The van der Waals surface area contributed by atoms with Crippen LogP contribution in [0.5, 0.6) is 5.75 Å². The Labute approximate surface area is 198 Å². The highest BCUT2D eigenvalue weighted by Gasteiger charge is 2.35. The van der Waals surface area contributed by atoms with Crippen LogP contribution in [0.15, 0.2) is 72.8 Å². The normalized spacial score (nSPS) is 15.2. The summed E-state index contributed by atoms with van der Waals surface area (Å²) in [6, 6.07) is 21.5. The third-order valence-electron chi connectivity index (χ3n) is 5.92. The van der Waals surface area contributed by atoms with Crippen molar-refractivity contribution in [1.82, 2.24) is 0 Å². The lowest BCUT2D eigenvalue weighted by atomic mass is 10.1. The SMILES string of the molecule is CCc1ccccc1N1C[C@@H](C(=O)Nc2ccc(C(=O)Nc3ccc(OC)cc3)cc2)CC1=O. The Kier molecular flexibility index (Phi) is 6.92. The molecule has 7 nitrogen and oxygen atoms in total. The molecule has 0 aromatic heterocycles. The molecule has 1 fully saturated rings. The Hall–Kier alpha value is -4.13. The summed E-state index contributed by atoms with van der Waals surface area (Å²) in [7, 11) is 1.58. The van der Waals surface area contributed by atoms with Crippen molar-refractivity contribution in [2.24, 2.45) is 5.92 Å². The van der Waals surface area contributed by atoms with Crippen molar-refractivity contribution in [1.29, 1.82) is 0 Å². The summed E-state index contributed by atoms with van der Waals surface area (Å²) in [4.78, 5) is 39.6. The van der Waals surface area contributed by atoms with Gasteiger partial charge in [-0.1, -0.05) is 25.1 Å². The third kappa shape index (κ3) is 5.09. The summed E-state index contributed by atoms with van der Waals surface area (Å²) >= 11 is 0. The molecular weight excluding hydrogens is 430 g/mol. The smallest absolute Gasteiger partial charge is 0.255 e. The maximum Gasteiger partial charge on any atom is 0.255 e. The molecule has 1 heterocycles. The van der Waals surface area contributed by atoms with Crippen LogP contribution in [0.4, 0.5) is 17.1 Å². The van der Waals surface area contributed by atoms with Gasteiger partial charge in [0.25, 0.3) is 5.91 Å². The minimum Gasteiger partial charge on any atom is -0.497 e. The number of nitrogens with zero attached hydrogens (tertiary/aromatic N) is 1. The standard InChI is InChI=1S/C27H27N3O4/c1-3-18-6-4-5-7-24(18)30-17-20(16-25(30)31)27(33)29-21-10-8-19(9-11-21)26(32)28-22-12-14-23(34-2)15-13-22/h4-15,20H,3,16-17H2,1-2H3,(H,28,32)(H,29,33)/t20-/m0/s1. The molecule has 0 spiro atoms. The highest BCUT2D eigenvalue weighted by atomic mass is 16.5. The van der Waals surface area contributed by atoms with Crippen LogP contribution in [0.1, 0.15) is 29.3 Å². The van der Waals surface area contributed by atoms with Crippen LogP contribution in [0.3, 0.4) is 0 Å². The molecule has 0 aliphatic carbocycles. The molecule has 0 radical (unpaired) electrons. The summed E-state index contributed by atoms with van der Waals surface area (Å²) in [5.74, 6) is -0.239. The predicted octanol–water partition coefficient (Wildman–Crippen LogP) is 4.50. The first kappa shape index (κ1) is 23.0. The van der Waals surface area contributed by atoms with Gasteiger partial charge in [0.15, 0.2) is 0 Å². The fourth-order valence-corrected chi connectivity index (χ4v) is 4.02. The molecule has 1 atom stereocenters. The average molecular weight is 458 g/mol. The number of benzene rings is 3. The molecule has 0 bridgehead atoms. The minimum absolute atomic E-state index is 0.0494. The number of anilines is 3. The van der Waals surface area contributed by atoms with Gasteiger partial charge in [0.2, 0.25) is 11.8 Å². The van der Waals surface area contributed by atoms with E-state index in [0.717, 1.165) is 17.7 Å². The molecule has 3 amide bonds. The van der Waals surface area contributed by atoms with E-state index < -0.39 is 5.92 Å². The van der Waals surface area contributed by atoms with E-state index in [1.807, 2.05) is 31.2 Å². The highest BCUT2D eigenvalue weighted by molar-refractivity contribution is 6.06. The van der Waals surface area contributed by atoms with Gasteiger partial charge in [-0.15, -0.1) is 0 Å². The van der Waals surface area contributed by atoms with Crippen LogP contribution < -0.4 is 20.3 Å². The second-order valence-electron chi connectivity index (χ2n) is 8.14. The van der Waals surface area contributed by atoms with E-state index in [1.54, 1.807) is 60.5 Å². The van der Waals surface area contributed by atoms with Crippen LogP contribution in [-0.2, 0) is 16.0 Å². The van der Waals surface area contributed by atoms with Crippen molar-refractivity contribution >= 4 is 34.8 Å². The maximum absolute atomic E-state index is 12.8. The monoisotopic (exact) mass is 457 g/mol. The third-order valence-corrected chi connectivity index (χ3v) is 5.92. The van der Waals surface area contributed by atoms with E-state index in [9.17, 15) is 14.4 Å². The van der Waals surface area contributed by atoms with Gasteiger partial charge in [-0.05, 0) is 66.6 Å². The van der Waals surface area contributed by atoms with Gasteiger partial charge in [0.1, 0.15) is 5.75 Å². The number of hydrogen-bond acceptors (Lipinski definition) is 4. The highest BCUT2D eigenvalue weighted by Crippen LogP contribution is 2.29. The molecule has 174 valence electrons. The summed E-state index contributed by atoms with van der Waals surface area (Å²) in [6.45, 7) is 2.40. The van der Waals surface area contributed by atoms with Crippen LogP contribution in [0, 0.1) is 5.92 Å². The number of ether oxygens (including phenoxy) is 1. The van der Waals surface area contributed by atoms with Crippen LogP contribution in [0.2, 0.25) is 0 Å². The maximum atomic E-state index is 12.8. The molecule has 1 aliphatic heterocycles. The zero-order chi connectivity index (χ0) is 24.1. The molecular formula is C27H27N3O4. The number of hydrogen-bond donors (Lipinski definition) is 2. The Morgan fingerprint density at radius 3 is 2.26 bits per heavy atom. The zero-order valence-corrected chi connectivity index (χ0v) is 19.2. The van der Waals surface area contributed by atoms with E-state index in [1.165, 1.54) is 0 Å². The first-order valence-corrected chi connectivity index (χ1v) is 11.2. The Balaban J connectivity index is 1.36. The van der Waals surface area contributed by atoms with Gasteiger partial charge >= 0.3 is 0 Å². The number of amides is 3. The van der Waals surface area contributed by atoms with Gasteiger partial charge in [-0.2, -0.15) is 0 Å². The van der Waals surface area contributed by atoms with Crippen molar-refractivity contribution < 1.29 is 19.1 Å². The van der Waals surface area contributed by atoms with E-state index in [0.29, 0.717) is 29.2 Å². The Morgan fingerprint density at radius 2 is 1.59 bits per heavy atom. The quantitative estimate of drug-likeness (QED) is 0.547. The number of rotatable bonds is 7. The molecule has 3 aromatic carbocycles. The van der Waals surface area contributed by atoms with Crippen molar-refractivity contribution in [2.75, 3.05) is 29.2 Å². The molecule has 1 saturated heterocycles. The predicted molar refractivity (Wildman–Crippen MR) is 132 cm³/mol. The van der Waals surface area contributed by atoms with Crippen LogP contribution in [-0.4, -0.2) is 31.4 Å². The molecule has 34 heavy (non-hydrogen) atoms. The van der Waals surface area contributed by atoms with Crippen molar-refractivity contribution in [3.8, 4) is 5.75 Å². The van der Waals surface area contributed by atoms with Crippen LogP contribution in [0.25, 0.3) is 0 Å². The number of carbonyl (C=O) groups is 3. The lowest BCUT2D eigenvalue weighted by Gasteiger charge is -2.20. The number of nitrogens with one attached hydrogen (secondary N) is 2. The van der Waals surface area contributed by atoms with Gasteiger partial charge in [0.05, 0.1) is 13.0 Å². The lowest BCUT2D eigenvalue weighted by Crippen LogP contribution is -2.28. The largest absolute Gasteiger partial charge is 0.497 e. The average Bonchev–Trinajstić information content (AvgIpc) is 3.26. The lowest BCUT2D eigenvalue weighted by molar-refractivity contribution is -0.122. The van der Waals surface area contributed by atoms with Gasteiger partial charge < -0.3 is 20.3 Å². The zero-order valence-electron chi connectivity index (χ0n) is 19.2. The summed E-state index contributed by atoms with van der Waals surface area (Å²) in [5, 5.41) is 5.69. The molecule has 7 heteroatoms. The minimum atomic E-state index is -0.435. The molecule has 4 rings (SSSR count). The van der Waals surface area contributed by atoms with Gasteiger partial charge in [0, 0.05) is 35.6 Å². The number of carbonyl (C=O) groups excluding carboxylic acids is 3. The second-order valence-corrected chi connectivity index (χ2v) is 8.14. The first-order chi connectivity index (χ1) is 16.5. The van der Waals surface area contributed by atoms with Gasteiger partial charge in [-0.3, -0.25) is 14.4 Å². The number of para-hydroxylation sites is 1. The second kappa shape index (κ2) is 10.2. The Bertz CT molecular complexity index is 1190. The van der Waals surface area contributed by atoms with Crippen LogP contribution >= 0.6 is 0 Å².